The van der Waals surface area contributed by atoms with Crippen molar-refractivity contribution in [1.82, 2.24) is 14.5 Å². The lowest BCUT2D eigenvalue weighted by Crippen LogP contribution is -2.40. The Balaban J connectivity index is 2.05. The lowest BCUT2D eigenvalue weighted by molar-refractivity contribution is -0.117. The molecule has 31 heavy (non-hydrogen) atoms. The first-order valence-corrected chi connectivity index (χ1v) is 11.4. The summed E-state index contributed by atoms with van der Waals surface area (Å²) in [5, 5.41) is 0.443. The van der Waals surface area contributed by atoms with Crippen molar-refractivity contribution in [3.63, 3.8) is 0 Å². The van der Waals surface area contributed by atoms with Crippen molar-refractivity contribution in [1.29, 1.82) is 0 Å². The monoisotopic (exact) mass is 438 g/mol. The largest absolute Gasteiger partial charge is 0.368 e. The third kappa shape index (κ3) is 5.35. The fourth-order valence-electron chi connectivity index (χ4n) is 3.79. The van der Waals surface area contributed by atoms with E-state index in [0.29, 0.717) is 41.2 Å². The molecule has 0 saturated carbocycles. The van der Waals surface area contributed by atoms with Crippen LogP contribution in [0, 0.1) is 0 Å². The molecule has 0 fully saturated rings. The molecular weight excluding hydrogens is 408 g/mol. The molecule has 0 aliphatic heterocycles. The zero-order chi connectivity index (χ0) is 22.5. The quantitative estimate of drug-likeness (QED) is 0.406. The van der Waals surface area contributed by atoms with Crippen molar-refractivity contribution in [3.8, 4) is 0 Å². The van der Waals surface area contributed by atoms with Crippen LogP contribution in [0.5, 0.6) is 0 Å². The zero-order valence-electron chi connectivity index (χ0n) is 18.5. The number of hydrogen-bond acceptors (Lipinski definition) is 5. The number of carbonyl (C=O) groups excluding carboxylic acids is 1. The highest BCUT2D eigenvalue weighted by Gasteiger charge is 2.23. The standard InChI is InChI=1S/C24H30N4O2S/c1-16(2)27(17(3)4)14-15-28-23(30)19-12-8-9-13-20(19)26-24(28)31-21(22(25)29)18-10-6-5-7-11-18/h5-13,16-17,21H,14-15H2,1-4H3,(H2,25,29). The van der Waals surface area contributed by atoms with Gasteiger partial charge in [0.15, 0.2) is 5.16 Å². The van der Waals surface area contributed by atoms with Crippen LogP contribution in [0.3, 0.4) is 0 Å². The average molecular weight is 439 g/mol. The second-order valence-electron chi connectivity index (χ2n) is 8.10. The number of primary amides is 1. The van der Waals surface area contributed by atoms with Crippen molar-refractivity contribution >= 4 is 28.6 Å². The molecule has 6 nitrogen and oxygen atoms in total. The first-order valence-electron chi connectivity index (χ1n) is 10.6. The Hall–Kier alpha value is -2.64. The van der Waals surface area contributed by atoms with Gasteiger partial charge in [-0.25, -0.2) is 4.98 Å². The second kappa shape index (κ2) is 10.1. The summed E-state index contributed by atoms with van der Waals surface area (Å²) in [4.78, 5) is 32.7. The smallest absolute Gasteiger partial charge is 0.262 e. The number of amides is 1. The Labute approximate surface area is 187 Å². The van der Waals surface area contributed by atoms with Crippen LogP contribution in [0.2, 0.25) is 0 Å². The van der Waals surface area contributed by atoms with Gasteiger partial charge in [0.05, 0.1) is 10.9 Å². The number of thioether (sulfide) groups is 1. The van der Waals surface area contributed by atoms with Crippen molar-refractivity contribution in [2.24, 2.45) is 5.73 Å². The number of hydrogen-bond donors (Lipinski definition) is 1. The fourth-order valence-corrected chi connectivity index (χ4v) is 4.86. The molecule has 1 heterocycles. The van der Waals surface area contributed by atoms with Crippen LogP contribution in [0.1, 0.15) is 38.5 Å². The van der Waals surface area contributed by atoms with Gasteiger partial charge >= 0.3 is 0 Å². The Bertz CT molecular complexity index is 1090. The van der Waals surface area contributed by atoms with Crippen LogP contribution in [-0.2, 0) is 11.3 Å². The maximum atomic E-state index is 13.4. The first-order chi connectivity index (χ1) is 14.8. The molecule has 1 amide bonds. The van der Waals surface area contributed by atoms with E-state index in [9.17, 15) is 9.59 Å². The van der Waals surface area contributed by atoms with Crippen LogP contribution < -0.4 is 11.3 Å². The van der Waals surface area contributed by atoms with Gasteiger partial charge < -0.3 is 5.73 Å². The number of para-hydroxylation sites is 1. The maximum Gasteiger partial charge on any atom is 0.262 e. The van der Waals surface area contributed by atoms with Gasteiger partial charge in [0.2, 0.25) is 5.91 Å². The summed E-state index contributed by atoms with van der Waals surface area (Å²) in [7, 11) is 0. The molecule has 2 aromatic carbocycles. The van der Waals surface area contributed by atoms with Gasteiger partial charge in [-0.05, 0) is 45.4 Å². The lowest BCUT2D eigenvalue weighted by Gasteiger charge is -2.31. The Morgan fingerprint density at radius 1 is 1.03 bits per heavy atom. The second-order valence-corrected chi connectivity index (χ2v) is 9.18. The summed E-state index contributed by atoms with van der Waals surface area (Å²) in [6, 6.07) is 17.4. The zero-order valence-corrected chi connectivity index (χ0v) is 19.3. The van der Waals surface area contributed by atoms with Gasteiger partial charge in [-0.1, -0.05) is 54.2 Å². The molecule has 0 aliphatic carbocycles. The van der Waals surface area contributed by atoms with Crippen LogP contribution in [0.15, 0.2) is 64.5 Å². The summed E-state index contributed by atoms with van der Waals surface area (Å²) < 4.78 is 1.68. The lowest BCUT2D eigenvalue weighted by atomic mass is 10.1. The molecule has 3 aromatic rings. The Kier molecular flexibility index (Phi) is 7.51. The number of carbonyl (C=O) groups is 1. The first kappa shape index (κ1) is 23.0. The summed E-state index contributed by atoms with van der Waals surface area (Å²) in [6.07, 6.45) is 0. The van der Waals surface area contributed by atoms with E-state index in [1.165, 1.54) is 11.8 Å². The van der Waals surface area contributed by atoms with Crippen LogP contribution in [-0.4, -0.2) is 39.0 Å². The number of rotatable bonds is 9. The minimum atomic E-state index is -0.633. The number of fused-ring (bicyclic) bond motifs is 1. The van der Waals surface area contributed by atoms with E-state index in [-0.39, 0.29) is 5.56 Å². The predicted molar refractivity (Wildman–Crippen MR) is 127 cm³/mol. The van der Waals surface area contributed by atoms with Crippen molar-refractivity contribution < 1.29 is 4.79 Å². The molecule has 1 aromatic heterocycles. The van der Waals surface area contributed by atoms with Gasteiger partial charge in [0.1, 0.15) is 5.25 Å². The summed E-state index contributed by atoms with van der Waals surface area (Å²) >= 11 is 1.23. The molecule has 0 saturated heterocycles. The number of benzene rings is 2. The summed E-state index contributed by atoms with van der Waals surface area (Å²) in [5.74, 6) is -0.462. The minimum absolute atomic E-state index is 0.100. The topological polar surface area (TPSA) is 81.2 Å². The Morgan fingerprint density at radius 3 is 2.26 bits per heavy atom. The van der Waals surface area contributed by atoms with Gasteiger partial charge in [-0.15, -0.1) is 0 Å². The molecule has 0 bridgehead atoms. The van der Waals surface area contributed by atoms with E-state index in [1.807, 2.05) is 48.5 Å². The van der Waals surface area contributed by atoms with E-state index in [0.717, 1.165) is 5.56 Å². The molecule has 1 unspecified atom stereocenters. The highest BCUT2D eigenvalue weighted by molar-refractivity contribution is 8.00. The SMILES string of the molecule is CC(C)N(CCn1c(SC(C(N)=O)c2ccccc2)nc2ccccc2c1=O)C(C)C. The molecule has 2 N–H and O–H groups in total. The molecule has 7 heteroatoms. The van der Waals surface area contributed by atoms with E-state index in [1.54, 1.807) is 10.6 Å². The molecule has 0 spiro atoms. The number of nitrogens with two attached hydrogens (primary N) is 1. The van der Waals surface area contributed by atoms with E-state index in [4.69, 9.17) is 10.7 Å². The van der Waals surface area contributed by atoms with E-state index < -0.39 is 11.2 Å². The van der Waals surface area contributed by atoms with Crippen LogP contribution in [0.25, 0.3) is 10.9 Å². The van der Waals surface area contributed by atoms with E-state index >= 15 is 0 Å². The van der Waals surface area contributed by atoms with Crippen molar-refractivity contribution in [2.75, 3.05) is 6.54 Å². The van der Waals surface area contributed by atoms with Crippen molar-refractivity contribution in [3.05, 3.63) is 70.5 Å². The van der Waals surface area contributed by atoms with Gasteiger partial charge in [0.25, 0.3) is 5.56 Å². The van der Waals surface area contributed by atoms with Gasteiger partial charge in [-0.2, -0.15) is 0 Å². The summed E-state index contributed by atoms with van der Waals surface area (Å²) in [6.45, 7) is 9.78. The maximum absolute atomic E-state index is 13.4. The number of nitrogens with zero attached hydrogens (tertiary/aromatic N) is 3. The van der Waals surface area contributed by atoms with Crippen molar-refractivity contribution in [2.45, 2.75) is 56.7 Å². The van der Waals surface area contributed by atoms with Gasteiger partial charge in [-0.3, -0.25) is 19.1 Å². The van der Waals surface area contributed by atoms with E-state index in [2.05, 4.69) is 32.6 Å². The fraction of sp³-hybridized carbons (Fsp3) is 0.375. The molecule has 164 valence electrons. The molecular formula is C24H30N4O2S. The molecule has 0 radical (unpaired) electrons. The average Bonchev–Trinajstić information content (AvgIpc) is 2.73. The van der Waals surface area contributed by atoms with Crippen LogP contribution in [0.4, 0.5) is 0 Å². The minimum Gasteiger partial charge on any atom is -0.368 e. The highest BCUT2D eigenvalue weighted by Crippen LogP contribution is 2.34. The molecule has 3 rings (SSSR count). The Morgan fingerprint density at radius 2 is 1.65 bits per heavy atom. The molecule has 0 aliphatic rings. The summed E-state index contributed by atoms with van der Waals surface area (Å²) in [5.41, 5.74) is 7.04. The van der Waals surface area contributed by atoms with Crippen LogP contribution >= 0.6 is 11.8 Å². The van der Waals surface area contributed by atoms with Gasteiger partial charge in [0, 0.05) is 25.2 Å². The predicted octanol–water partition coefficient (Wildman–Crippen LogP) is 3.83. The highest BCUT2D eigenvalue weighted by atomic mass is 32.2. The number of aromatic nitrogens is 2. The normalized spacial score (nSPS) is 12.7. The molecule has 1 atom stereocenters. The third-order valence-corrected chi connectivity index (χ3v) is 6.58. The third-order valence-electron chi connectivity index (χ3n) is 5.32.